The molecule has 0 fully saturated rings. The Hall–Kier alpha value is -3.09. The molecule has 0 aliphatic carbocycles. The molecule has 7 heteroatoms. The number of methoxy groups -OCH3 is 2. The molecule has 2 aromatic rings. The first kappa shape index (κ1) is 18.7. The number of benzene rings is 2. The zero-order valence-corrected chi connectivity index (χ0v) is 15.0. The summed E-state index contributed by atoms with van der Waals surface area (Å²) < 4.78 is 35.1. The molecule has 0 atom stereocenters. The van der Waals surface area contributed by atoms with E-state index in [9.17, 15) is 14.0 Å². The van der Waals surface area contributed by atoms with E-state index in [2.05, 4.69) is 0 Å². The molecule has 1 heterocycles. The van der Waals surface area contributed by atoms with Gasteiger partial charge in [-0.3, -0.25) is 9.59 Å². The quantitative estimate of drug-likeness (QED) is 0.691. The van der Waals surface area contributed by atoms with Crippen molar-refractivity contribution in [2.75, 3.05) is 27.4 Å². The first-order valence-corrected chi connectivity index (χ1v) is 8.41. The van der Waals surface area contributed by atoms with E-state index in [-0.39, 0.29) is 41.3 Å². The summed E-state index contributed by atoms with van der Waals surface area (Å²) >= 11 is 0. The van der Waals surface area contributed by atoms with Gasteiger partial charge >= 0.3 is 0 Å². The molecular weight excluding hydrogens is 355 g/mol. The Morgan fingerprint density at radius 2 is 1.70 bits per heavy atom. The maximum absolute atomic E-state index is 13.3. The number of fused-ring (bicyclic) bond motifs is 1. The number of carbonyl (C=O) groups is 2. The molecule has 0 saturated carbocycles. The van der Waals surface area contributed by atoms with Crippen molar-refractivity contribution in [3.8, 4) is 23.0 Å². The number of halogens is 1. The molecule has 0 amide bonds. The number of hydrogen-bond acceptors (Lipinski definition) is 6. The molecule has 2 aromatic carbocycles. The maximum atomic E-state index is 13.3. The Morgan fingerprint density at radius 1 is 1.00 bits per heavy atom. The fourth-order valence-corrected chi connectivity index (χ4v) is 2.88. The zero-order valence-electron chi connectivity index (χ0n) is 15.0. The van der Waals surface area contributed by atoms with Gasteiger partial charge in [-0.15, -0.1) is 0 Å². The van der Waals surface area contributed by atoms with Gasteiger partial charge in [0, 0.05) is 18.4 Å². The summed E-state index contributed by atoms with van der Waals surface area (Å²) in [6.07, 6.45) is -0.114. The van der Waals surface area contributed by atoms with Crippen LogP contribution in [0.3, 0.4) is 0 Å². The van der Waals surface area contributed by atoms with Gasteiger partial charge in [0.05, 0.1) is 19.8 Å². The van der Waals surface area contributed by atoms with E-state index in [4.69, 9.17) is 18.9 Å². The molecule has 0 N–H and O–H groups in total. The van der Waals surface area contributed by atoms with Gasteiger partial charge in [-0.2, -0.15) is 0 Å². The summed E-state index contributed by atoms with van der Waals surface area (Å²) in [6.45, 7) is 0.685. The van der Waals surface area contributed by atoms with Crippen molar-refractivity contribution >= 4 is 11.6 Å². The van der Waals surface area contributed by atoms with Crippen LogP contribution in [0.25, 0.3) is 0 Å². The lowest BCUT2D eigenvalue weighted by Gasteiger charge is -2.24. The molecule has 1 aliphatic heterocycles. The van der Waals surface area contributed by atoms with Crippen LogP contribution in [0.15, 0.2) is 30.3 Å². The number of Topliss-reactive ketones (excluding diaryl/α,β-unsaturated/α-hetero) is 2. The zero-order chi connectivity index (χ0) is 19.4. The average Bonchev–Trinajstić information content (AvgIpc) is 2.70. The maximum Gasteiger partial charge on any atom is 0.208 e. The molecule has 6 nitrogen and oxygen atoms in total. The smallest absolute Gasteiger partial charge is 0.208 e. The molecule has 1 aliphatic rings. The summed E-state index contributed by atoms with van der Waals surface area (Å²) in [6, 6.07) is 6.90. The van der Waals surface area contributed by atoms with Crippen LogP contribution in [0.2, 0.25) is 0 Å². The van der Waals surface area contributed by atoms with Gasteiger partial charge in [0.1, 0.15) is 19.0 Å². The fraction of sp³-hybridized carbons (Fsp3) is 0.300. The lowest BCUT2D eigenvalue weighted by Crippen LogP contribution is -2.18. The summed E-state index contributed by atoms with van der Waals surface area (Å²) in [4.78, 5) is 24.9. The van der Waals surface area contributed by atoms with Crippen LogP contribution in [0, 0.1) is 5.82 Å². The van der Waals surface area contributed by atoms with Gasteiger partial charge in [0.2, 0.25) is 11.5 Å². The van der Waals surface area contributed by atoms with Crippen LogP contribution in [-0.2, 0) is 0 Å². The minimum atomic E-state index is -0.495. The van der Waals surface area contributed by atoms with E-state index >= 15 is 0 Å². The van der Waals surface area contributed by atoms with E-state index < -0.39 is 5.82 Å². The molecule has 0 bridgehead atoms. The number of ketones is 2. The van der Waals surface area contributed by atoms with E-state index in [1.807, 2.05) is 0 Å². The van der Waals surface area contributed by atoms with Gasteiger partial charge in [-0.25, -0.2) is 4.39 Å². The van der Waals surface area contributed by atoms with Crippen LogP contribution in [0.4, 0.5) is 4.39 Å². The SMILES string of the molecule is COc1cc(C(=O)CCC(=O)c2cccc(F)c2)c(OC)c2c1OCCO2. The highest BCUT2D eigenvalue weighted by molar-refractivity contribution is 6.04. The molecule has 0 aromatic heterocycles. The Labute approximate surface area is 155 Å². The Bertz CT molecular complexity index is 877. The molecule has 0 radical (unpaired) electrons. The van der Waals surface area contributed by atoms with Gasteiger partial charge < -0.3 is 18.9 Å². The first-order valence-electron chi connectivity index (χ1n) is 8.41. The third-order valence-corrected chi connectivity index (χ3v) is 4.18. The van der Waals surface area contributed by atoms with Crippen molar-refractivity contribution in [1.29, 1.82) is 0 Å². The second-order valence-corrected chi connectivity index (χ2v) is 5.87. The molecule has 142 valence electrons. The second-order valence-electron chi connectivity index (χ2n) is 5.87. The minimum Gasteiger partial charge on any atom is -0.493 e. The fourth-order valence-electron chi connectivity index (χ4n) is 2.88. The third-order valence-electron chi connectivity index (χ3n) is 4.18. The van der Waals surface area contributed by atoms with Crippen LogP contribution in [0.1, 0.15) is 33.6 Å². The summed E-state index contributed by atoms with van der Waals surface area (Å²) in [5.74, 6) is 0.165. The van der Waals surface area contributed by atoms with Crippen molar-refractivity contribution in [2.24, 2.45) is 0 Å². The first-order chi connectivity index (χ1) is 13.0. The summed E-state index contributed by atoms with van der Waals surface area (Å²) in [5.41, 5.74) is 0.472. The van der Waals surface area contributed by atoms with Gasteiger partial charge in [0.15, 0.2) is 23.1 Å². The van der Waals surface area contributed by atoms with E-state index in [0.29, 0.717) is 30.5 Å². The highest BCUT2D eigenvalue weighted by Crippen LogP contribution is 2.48. The Balaban J connectivity index is 1.83. The van der Waals surface area contributed by atoms with Gasteiger partial charge in [-0.05, 0) is 18.2 Å². The second kappa shape index (κ2) is 8.07. The normalized spacial score (nSPS) is 12.4. The van der Waals surface area contributed by atoms with Crippen molar-refractivity contribution in [3.63, 3.8) is 0 Å². The molecule has 0 spiro atoms. The molecule has 27 heavy (non-hydrogen) atoms. The van der Waals surface area contributed by atoms with Crippen molar-refractivity contribution in [3.05, 3.63) is 47.3 Å². The molecular formula is C20H19FO6. The summed E-state index contributed by atoms with van der Waals surface area (Å²) in [5, 5.41) is 0. The summed E-state index contributed by atoms with van der Waals surface area (Å²) in [7, 11) is 2.89. The highest BCUT2D eigenvalue weighted by Gasteiger charge is 2.28. The van der Waals surface area contributed by atoms with Crippen LogP contribution in [0.5, 0.6) is 23.0 Å². The van der Waals surface area contributed by atoms with Crippen LogP contribution >= 0.6 is 0 Å². The van der Waals surface area contributed by atoms with E-state index in [0.717, 1.165) is 6.07 Å². The number of ether oxygens (including phenoxy) is 4. The van der Waals surface area contributed by atoms with Crippen LogP contribution < -0.4 is 18.9 Å². The highest BCUT2D eigenvalue weighted by atomic mass is 19.1. The topological polar surface area (TPSA) is 71.1 Å². The van der Waals surface area contributed by atoms with E-state index in [1.54, 1.807) is 0 Å². The number of rotatable bonds is 7. The Morgan fingerprint density at radius 3 is 2.37 bits per heavy atom. The van der Waals surface area contributed by atoms with Crippen LogP contribution in [-0.4, -0.2) is 39.0 Å². The molecule has 0 unspecified atom stereocenters. The Kier molecular flexibility index (Phi) is 5.59. The van der Waals surface area contributed by atoms with E-state index in [1.165, 1.54) is 38.5 Å². The minimum absolute atomic E-state index is 0.0534. The monoisotopic (exact) mass is 374 g/mol. The lowest BCUT2D eigenvalue weighted by molar-refractivity contribution is 0.0914. The average molecular weight is 374 g/mol. The third kappa shape index (κ3) is 3.86. The standard InChI is InChI=1S/C20H19FO6/c1-24-17-11-14(18(25-2)20-19(17)26-8-9-27-20)16(23)7-6-15(22)12-4-3-5-13(21)10-12/h3-5,10-11H,6-9H2,1-2H3. The molecule has 3 rings (SSSR count). The predicted octanol–water partition coefficient (Wildman–Crippen LogP) is 3.46. The molecule has 0 saturated heterocycles. The number of carbonyl (C=O) groups excluding carboxylic acids is 2. The van der Waals surface area contributed by atoms with Crippen molar-refractivity contribution in [1.82, 2.24) is 0 Å². The predicted molar refractivity (Wildman–Crippen MR) is 94.8 cm³/mol. The van der Waals surface area contributed by atoms with Crippen molar-refractivity contribution in [2.45, 2.75) is 12.8 Å². The van der Waals surface area contributed by atoms with Gasteiger partial charge in [0.25, 0.3) is 0 Å². The van der Waals surface area contributed by atoms with Crippen molar-refractivity contribution < 1.29 is 32.9 Å². The number of hydrogen-bond donors (Lipinski definition) is 0. The lowest BCUT2D eigenvalue weighted by atomic mass is 10.00. The largest absolute Gasteiger partial charge is 0.493 e. The van der Waals surface area contributed by atoms with Gasteiger partial charge in [-0.1, -0.05) is 12.1 Å².